The first kappa shape index (κ1) is 9.07. The van der Waals surface area contributed by atoms with Crippen molar-refractivity contribution in [2.45, 2.75) is 26.4 Å². The van der Waals surface area contributed by atoms with E-state index >= 15 is 0 Å². The number of hydrogen-bond acceptors (Lipinski definition) is 2. The van der Waals surface area contributed by atoms with Crippen LogP contribution in [-0.2, 0) is 6.42 Å². The Kier molecular flexibility index (Phi) is 2.71. The van der Waals surface area contributed by atoms with Crippen molar-refractivity contribution in [3.05, 3.63) is 29.3 Å². The van der Waals surface area contributed by atoms with Gasteiger partial charge >= 0.3 is 0 Å². The highest BCUT2D eigenvalue weighted by atomic mass is 16.3. The number of benzene rings is 1. The molecule has 0 spiro atoms. The minimum atomic E-state index is -0.475. The van der Waals surface area contributed by atoms with Gasteiger partial charge in [0.25, 0.3) is 0 Å². The lowest BCUT2D eigenvalue weighted by atomic mass is 10.0. The minimum Gasteiger partial charge on any atom is -0.398 e. The number of nitrogens with two attached hydrogens (primary N) is 1. The summed E-state index contributed by atoms with van der Waals surface area (Å²) in [5, 5.41) is 9.34. The predicted octanol–water partition coefficient (Wildman–Crippen LogP) is 1.88. The fourth-order valence-electron chi connectivity index (χ4n) is 1.21. The average molecular weight is 165 g/mol. The van der Waals surface area contributed by atoms with Crippen LogP contribution >= 0.6 is 0 Å². The van der Waals surface area contributed by atoms with Gasteiger partial charge in [0.15, 0.2) is 0 Å². The van der Waals surface area contributed by atoms with Crippen molar-refractivity contribution >= 4 is 5.69 Å². The summed E-state index contributed by atoms with van der Waals surface area (Å²) in [5.74, 6) is 0. The lowest BCUT2D eigenvalue weighted by Gasteiger charge is -2.09. The van der Waals surface area contributed by atoms with Crippen LogP contribution in [0.5, 0.6) is 0 Å². The number of nitrogen functional groups attached to an aromatic ring is 1. The Labute approximate surface area is 73.0 Å². The number of aryl methyl sites for hydroxylation is 1. The van der Waals surface area contributed by atoms with Crippen LogP contribution in [0.3, 0.4) is 0 Å². The average Bonchev–Trinajstić information content (AvgIpc) is 2.05. The fraction of sp³-hybridized carbons (Fsp3) is 0.400. The number of hydrogen-bond donors (Lipinski definition) is 2. The number of aliphatic hydroxyl groups excluding tert-OH is 1. The molecule has 1 aromatic carbocycles. The molecule has 2 nitrogen and oxygen atoms in total. The van der Waals surface area contributed by atoms with Crippen LogP contribution in [0.4, 0.5) is 5.69 Å². The Bertz CT molecular complexity index is 269. The summed E-state index contributed by atoms with van der Waals surface area (Å²) in [6.07, 6.45) is 0.497. The Morgan fingerprint density at radius 3 is 2.67 bits per heavy atom. The summed E-state index contributed by atoms with van der Waals surface area (Å²) in [5.41, 5.74) is 8.39. The summed E-state index contributed by atoms with van der Waals surface area (Å²) >= 11 is 0. The summed E-state index contributed by atoms with van der Waals surface area (Å²) in [4.78, 5) is 0. The molecular formula is C10H15NO. The van der Waals surface area contributed by atoms with Gasteiger partial charge in [0, 0.05) is 11.3 Å². The van der Waals surface area contributed by atoms with E-state index in [2.05, 4.69) is 6.92 Å². The van der Waals surface area contributed by atoms with Crippen molar-refractivity contribution in [2.24, 2.45) is 0 Å². The van der Waals surface area contributed by atoms with E-state index in [1.165, 1.54) is 5.56 Å². The predicted molar refractivity (Wildman–Crippen MR) is 50.9 cm³/mol. The van der Waals surface area contributed by atoms with Gasteiger partial charge < -0.3 is 10.8 Å². The normalized spacial score (nSPS) is 12.9. The Balaban J connectivity index is 3.08. The third kappa shape index (κ3) is 1.77. The molecule has 0 saturated carbocycles. The standard InChI is InChI=1S/C10H15NO/c1-3-8-4-5-10(11)9(6-8)7(2)12/h4-7,12H,3,11H2,1-2H3. The van der Waals surface area contributed by atoms with E-state index < -0.39 is 6.10 Å². The summed E-state index contributed by atoms with van der Waals surface area (Å²) in [6, 6.07) is 5.79. The smallest absolute Gasteiger partial charge is 0.0781 e. The largest absolute Gasteiger partial charge is 0.398 e. The molecule has 1 unspecified atom stereocenters. The highest BCUT2D eigenvalue weighted by molar-refractivity contribution is 5.49. The van der Waals surface area contributed by atoms with Crippen molar-refractivity contribution in [3.63, 3.8) is 0 Å². The number of rotatable bonds is 2. The lowest BCUT2D eigenvalue weighted by molar-refractivity contribution is 0.200. The minimum absolute atomic E-state index is 0.475. The van der Waals surface area contributed by atoms with Crippen LogP contribution in [-0.4, -0.2) is 5.11 Å². The zero-order chi connectivity index (χ0) is 9.14. The van der Waals surface area contributed by atoms with E-state index in [4.69, 9.17) is 5.73 Å². The SMILES string of the molecule is CCc1ccc(N)c(C(C)O)c1. The van der Waals surface area contributed by atoms with Gasteiger partial charge in [-0.05, 0) is 25.0 Å². The van der Waals surface area contributed by atoms with Gasteiger partial charge in [0.1, 0.15) is 0 Å². The van der Waals surface area contributed by atoms with E-state index in [0.717, 1.165) is 12.0 Å². The van der Waals surface area contributed by atoms with E-state index in [-0.39, 0.29) is 0 Å². The van der Waals surface area contributed by atoms with Crippen LogP contribution < -0.4 is 5.73 Å². The van der Waals surface area contributed by atoms with Crippen molar-refractivity contribution < 1.29 is 5.11 Å². The molecule has 0 aliphatic rings. The maximum atomic E-state index is 9.34. The van der Waals surface area contributed by atoms with Gasteiger partial charge in [0.2, 0.25) is 0 Å². The van der Waals surface area contributed by atoms with Crippen LogP contribution in [0.2, 0.25) is 0 Å². The van der Waals surface area contributed by atoms with E-state index in [1.54, 1.807) is 6.92 Å². The van der Waals surface area contributed by atoms with Gasteiger partial charge in [-0.3, -0.25) is 0 Å². The molecule has 1 atom stereocenters. The second-order valence-electron chi connectivity index (χ2n) is 2.99. The van der Waals surface area contributed by atoms with Crippen molar-refractivity contribution in [3.8, 4) is 0 Å². The van der Waals surface area contributed by atoms with Crippen LogP contribution in [0.25, 0.3) is 0 Å². The van der Waals surface area contributed by atoms with Gasteiger partial charge in [-0.1, -0.05) is 19.1 Å². The Morgan fingerprint density at radius 2 is 2.17 bits per heavy atom. The first-order valence-corrected chi connectivity index (χ1v) is 4.21. The Morgan fingerprint density at radius 1 is 1.50 bits per heavy atom. The molecule has 3 N–H and O–H groups in total. The lowest BCUT2D eigenvalue weighted by Crippen LogP contribution is -1.99. The van der Waals surface area contributed by atoms with Crippen molar-refractivity contribution in [2.75, 3.05) is 5.73 Å². The van der Waals surface area contributed by atoms with Crippen LogP contribution in [0.15, 0.2) is 18.2 Å². The zero-order valence-electron chi connectivity index (χ0n) is 7.54. The monoisotopic (exact) mass is 165 g/mol. The molecule has 1 aromatic rings. The molecule has 0 bridgehead atoms. The van der Waals surface area contributed by atoms with Crippen molar-refractivity contribution in [1.82, 2.24) is 0 Å². The first-order chi connectivity index (χ1) is 5.65. The molecule has 0 fully saturated rings. The van der Waals surface area contributed by atoms with Crippen molar-refractivity contribution in [1.29, 1.82) is 0 Å². The molecule has 0 amide bonds. The van der Waals surface area contributed by atoms with E-state index in [9.17, 15) is 5.11 Å². The Hall–Kier alpha value is -1.02. The second kappa shape index (κ2) is 3.59. The molecule has 1 rings (SSSR count). The molecule has 2 heteroatoms. The first-order valence-electron chi connectivity index (χ1n) is 4.21. The molecular weight excluding hydrogens is 150 g/mol. The van der Waals surface area contributed by atoms with Gasteiger partial charge in [-0.25, -0.2) is 0 Å². The maximum Gasteiger partial charge on any atom is 0.0781 e. The van der Waals surface area contributed by atoms with Crippen LogP contribution in [0.1, 0.15) is 31.1 Å². The van der Waals surface area contributed by atoms with Gasteiger partial charge in [-0.15, -0.1) is 0 Å². The molecule has 12 heavy (non-hydrogen) atoms. The fourth-order valence-corrected chi connectivity index (χ4v) is 1.21. The third-order valence-corrected chi connectivity index (χ3v) is 2.01. The molecule has 0 saturated heterocycles. The highest BCUT2D eigenvalue weighted by Gasteiger charge is 2.05. The second-order valence-corrected chi connectivity index (χ2v) is 2.99. The van der Waals surface area contributed by atoms with E-state index in [0.29, 0.717) is 5.69 Å². The molecule has 0 aromatic heterocycles. The van der Waals surface area contributed by atoms with Crippen LogP contribution in [0, 0.1) is 0 Å². The summed E-state index contributed by atoms with van der Waals surface area (Å²) in [7, 11) is 0. The highest BCUT2D eigenvalue weighted by Crippen LogP contribution is 2.21. The summed E-state index contributed by atoms with van der Waals surface area (Å²) in [6.45, 7) is 3.81. The maximum absolute atomic E-state index is 9.34. The summed E-state index contributed by atoms with van der Waals surface area (Å²) < 4.78 is 0. The number of anilines is 1. The quantitative estimate of drug-likeness (QED) is 0.657. The molecule has 0 aliphatic carbocycles. The van der Waals surface area contributed by atoms with E-state index in [1.807, 2.05) is 18.2 Å². The zero-order valence-corrected chi connectivity index (χ0v) is 7.54. The third-order valence-electron chi connectivity index (χ3n) is 2.01. The molecule has 66 valence electrons. The topological polar surface area (TPSA) is 46.2 Å². The number of aliphatic hydroxyl groups is 1. The molecule has 0 radical (unpaired) electrons. The van der Waals surface area contributed by atoms with Gasteiger partial charge in [0.05, 0.1) is 6.10 Å². The molecule has 0 aliphatic heterocycles. The molecule has 0 heterocycles. The van der Waals surface area contributed by atoms with Gasteiger partial charge in [-0.2, -0.15) is 0 Å².